The first-order valence-corrected chi connectivity index (χ1v) is 7.84. The molecule has 0 radical (unpaired) electrons. The average Bonchev–Trinajstić information content (AvgIpc) is 2.59. The summed E-state index contributed by atoms with van der Waals surface area (Å²) in [6.45, 7) is 6.23. The minimum atomic E-state index is -0.955. The number of anilines is 1. The fourth-order valence-corrected chi connectivity index (χ4v) is 2.07. The third-order valence-corrected chi connectivity index (χ3v) is 3.54. The predicted octanol–water partition coefficient (Wildman–Crippen LogP) is 2.38. The molecule has 0 bridgehead atoms. The van der Waals surface area contributed by atoms with E-state index in [2.05, 4.69) is 36.9 Å². The highest BCUT2D eigenvalue weighted by Crippen LogP contribution is 2.22. The van der Waals surface area contributed by atoms with Gasteiger partial charge in [0.15, 0.2) is 0 Å². The van der Waals surface area contributed by atoms with Crippen LogP contribution in [0, 0.1) is 0 Å². The van der Waals surface area contributed by atoms with Crippen LogP contribution in [0.25, 0.3) is 0 Å². The lowest BCUT2D eigenvalue weighted by Gasteiger charge is -2.19. The van der Waals surface area contributed by atoms with Gasteiger partial charge >= 0.3 is 11.8 Å². The number of para-hydroxylation sites is 1. The molecule has 0 unspecified atom stereocenters. The molecule has 0 aliphatic rings. The highest BCUT2D eigenvalue weighted by atomic mass is 16.2. The molecule has 0 atom stereocenters. The molecule has 130 valence electrons. The van der Waals surface area contributed by atoms with Crippen molar-refractivity contribution in [2.24, 2.45) is 0 Å². The lowest BCUT2D eigenvalue weighted by atomic mass is 9.87. The lowest BCUT2D eigenvalue weighted by Crippen LogP contribution is -2.46. The zero-order valence-electron chi connectivity index (χ0n) is 14.4. The summed E-state index contributed by atoms with van der Waals surface area (Å²) in [6.07, 6.45) is 0. The fourth-order valence-electron chi connectivity index (χ4n) is 2.07. The zero-order valence-corrected chi connectivity index (χ0v) is 14.4. The molecule has 2 aromatic carbocycles. The van der Waals surface area contributed by atoms with Gasteiger partial charge in [0.2, 0.25) is 0 Å². The van der Waals surface area contributed by atoms with Crippen LogP contribution in [0.3, 0.4) is 0 Å². The molecule has 6 heteroatoms. The number of rotatable bonds is 2. The van der Waals surface area contributed by atoms with E-state index in [4.69, 9.17) is 0 Å². The van der Waals surface area contributed by atoms with Gasteiger partial charge in [-0.2, -0.15) is 0 Å². The Morgan fingerprint density at radius 3 is 1.92 bits per heavy atom. The van der Waals surface area contributed by atoms with Crippen LogP contribution in [0.4, 0.5) is 5.69 Å². The summed E-state index contributed by atoms with van der Waals surface area (Å²) in [5.41, 5.74) is 6.28. The van der Waals surface area contributed by atoms with Crippen LogP contribution in [-0.2, 0) is 15.0 Å². The highest BCUT2D eigenvalue weighted by Gasteiger charge is 2.16. The van der Waals surface area contributed by atoms with Crippen LogP contribution < -0.4 is 16.2 Å². The first-order chi connectivity index (χ1) is 11.8. The third-order valence-electron chi connectivity index (χ3n) is 3.54. The van der Waals surface area contributed by atoms with Crippen LogP contribution in [0.5, 0.6) is 0 Å². The Balaban J connectivity index is 1.88. The molecule has 0 aliphatic heterocycles. The van der Waals surface area contributed by atoms with E-state index in [-0.39, 0.29) is 5.41 Å². The molecule has 3 amide bonds. The molecular formula is C19H21N3O3. The van der Waals surface area contributed by atoms with Crippen molar-refractivity contribution >= 4 is 23.4 Å². The zero-order chi connectivity index (χ0) is 18.4. The molecule has 2 rings (SSSR count). The van der Waals surface area contributed by atoms with Crippen molar-refractivity contribution in [2.75, 3.05) is 5.32 Å². The number of benzene rings is 2. The van der Waals surface area contributed by atoms with Crippen molar-refractivity contribution < 1.29 is 14.4 Å². The molecule has 0 saturated heterocycles. The number of hydrazine groups is 1. The van der Waals surface area contributed by atoms with Crippen LogP contribution in [0.1, 0.15) is 36.7 Å². The van der Waals surface area contributed by atoms with Gasteiger partial charge < -0.3 is 5.32 Å². The molecule has 0 spiro atoms. The van der Waals surface area contributed by atoms with E-state index in [0.29, 0.717) is 11.3 Å². The van der Waals surface area contributed by atoms with Crippen LogP contribution in [-0.4, -0.2) is 17.7 Å². The summed E-state index contributed by atoms with van der Waals surface area (Å²) in [5.74, 6) is -2.32. The fraction of sp³-hybridized carbons (Fsp3) is 0.211. The van der Waals surface area contributed by atoms with Gasteiger partial charge in [-0.15, -0.1) is 0 Å². The summed E-state index contributed by atoms with van der Waals surface area (Å²) >= 11 is 0. The predicted molar refractivity (Wildman–Crippen MR) is 95.8 cm³/mol. The summed E-state index contributed by atoms with van der Waals surface area (Å²) in [6, 6.07) is 15.6. The van der Waals surface area contributed by atoms with Crippen molar-refractivity contribution in [1.29, 1.82) is 0 Å². The van der Waals surface area contributed by atoms with E-state index < -0.39 is 17.7 Å². The molecule has 0 aromatic heterocycles. The molecular weight excluding hydrogens is 318 g/mol. The molecule has 0 aliphatic carbocycles. The SMILES string of the molecule is CC(C)(C)c1ccc(C(=O)NNC(=O)C(=O)Nc2ccccc2)cc1. The standard InChI is InChI=1S/C19H21N3O3/c1-19(2,3)14-11-9-13(10-12-14)16(23)21-22-18(25)17(24)20-15-7-5-4-6-8-15/h4-12H,1-3H3,(H,20,24)(H,21,23)(H,22,25). The van der Waals surface area contributed by atoms with Gasteiger partial charge in [-0.1, -0.05) is 51.1 Å². The van der Waals surface area contributed by atoms with Gasteiger partial charge in [0.05, 0.1) is 0 Å². The topological polar surface area (TPSA) is 87.3 Å². The van der Waals surface area contributed by atoms with E-state index in [0.717, 1.165) is 5.56 Å². The van der Waals surface area contributed by atoms with Crippen LogP contribution >= 0.6 is 0 Å². The summed E-state index contributed by atoms with van der Waals surface area (Å²) in [4.78, 5) is 35.5. The van der Waals surface area contributed by atoms with Crippen molar-refractivity contribution in [3.8, 4) is 0 Å². The Hall–Kier alpha value is -3.15. The first kappa shape index (κ1) is 18.2. The Labute approximate surface area is 146 Å². The van der Waals surface area contributed by atoms with Gasteiger partial charge in [-0.05, 0) is 35.2 Å². The van der Waals surface area contributed by atoms with Crippen LogP contribution in [0.15, 0.2) is 54.6 Å². The van der Waals surface area contributed by atoms with Crippen molar-refractivity contribution in [3.63, 3.8) is 0 Å². The maximum Gasteiger partial charge on any atom is 0.328 e. The van der Waals surface area contributed by atoms with Crippen molar-refractivity contribution in [2.45, 2.75) is 26.2 Å². The number of nitrogens with one attached hydrogen (secondary N) is 3. The summed E-state index contributed by atoms with van der Waals surface area (Å²) in [5, 5.41) is 2.43. The molecule has 3 N–H and O–H groups in total. The Kier molecular flexibility index (Phi) is 5.54. The number of hydrogen-bond acceptors (Lipinski definition) is 3. The second kappa shape index (κ2) is 7.61. The Bertz CT molecular complexity index is 763. The van der Waals surface area contributed by atoms with Gasteiger partial charge in [0.25, 0.3) is 5.91 Å². The van der Waals surface area contributed by atoms with E-state index in [1.807, 2.05) is 12.1 Å². The maximum absolute atomic E-state index is 12.0. The van der Waals surface area contributed by atoms with Crippen molar-refractivity contribution in [1.82, 2.24) is 10.9 Å². The Morgan fingerprint density at radius 1 is 0.760 bits per heavy atom. The molecule has 2 aromatic rings. The van der Waals surface area contributed by atoms with Gasteiger partial charge in [-0.25, -0.2) is 0 Å². The number of carbonyl (C=O) groups excluding carboxylic acids is 3. The number of hydrogen-bond donors (Lipinski definition) is 3. The normalized spacial score (nSPS) is 10.7. The molecule has 6 nitrogen and oxygen atoms in total. The van der Waals surface area contributed by atoms with E-state index in [1.54, 1.807) is 42.5 Å². The van der Waals surface area contributed by atoms with Crippen LogP contribution in [0.2, 0.25) is 0 Å². The largest absolute Gasteiger partial charge is 0.328 e. The lowest BCUT2D eigenvalue weighted by molar-refractivity contribution is -0.136. The quantitative estimate of drug-likeness (QED) is 0.580. The minimum absolute atomic E-state index is 0.0151. The van der Waals surface area contributed by atoms with Gasteiger partial charge in [-0.3, -0.25) is 25.2 Å². The third kappa shape index (κ3) is 5.17. The van der Waals surface area contributed by atoms with Gasteiger partial charge in [0, 0.05) is 11.3 Å². The first-order valence-electron chi connectivity index (χ1n) is 7.84. The highest BCUT2D eigenvalue weighted by molar-refractivity contribution is 6.39. The number of carbonyl (C=O) groups is 3. The molecule has 25 heavy (non-hydrogen) atoms. The minimum Gasteiger partial charge on any atom is -0.318 e. The maximum atomic E-state index is 12.0. The summed E-state index contributed by atoms with van der Waals surface area (Å²) < 4.78 is 0. The second-order valence-corrected chi connectivity index (χ2v) is 6.56. The van der Waals surface area contributed by atoms with E-state index in [9.17, 15) is 14.4 Å². The molecule has 0 heterocycles. The Morgan fingerprint density at radius 2 is 1.36 bits per heavy atom. The molecule has 0 saturated carbocycles. The summed E-state index contributed by atoms with van der Waals surface area (Å²) in [7, 11) is 0. The average molecular weight is 339 g/mol. The van der Waals surface area contributed by atoms with Crippen molar-refractivity contribution in [3.05, 3.63) is 65.7 Å². The molecule has 0 fully saturated rings. The van der Waals surface area contributed by atoms with E-state index >= 15 is 0 Å². The smallest absolute Gasteiger partial charge is 0.318 e. The monoisotopic (exact) mass is 339 g/mol. The van der Waals surface area contributed by atoms with E-state index in [1.165, 1.54) is 0 Å². The number of amides is 3. The second-order valence-electron chi connectivity index (χ2n) is 6.56. The van der Waals surface area contributed by atoms with Gasteiger partial charge in [0.1, 0.15) is 0 Å².